The number of carboxylic acid groups (broad SMARTS) is 1. The maximum absolute atomic E-state index is 14.2. The van der Waals surface area contributed by atoms with Crippen LogP contribution in [-0.4, -0.2) is 35.7 Å². The van der Waals surface area contributed by atoms with E-state index in [1.165, 1.54) is 31.4 Å². The van der Waals surface area contributed by atoms with Crippen molar-refractivity contribution in [3.05, 3.63) is 65.2 Å². The fraction of sp³-hybridized carbons (Fsp3) is 0.316. The number of aliphatic carboxylic acids is 1. The maximum Gasteiger partial charge on any atom is 0.320 e. The summed E-state index contributed by atoms with van der Waals surface area (Å²) in [7, 11) is 1.39. The molecule has 0 radical (unpaired) electrons. The van der Waals surface area contributed by atoms with Crippen LogP contribution in [0.1, 0.15) is 30.0 Å². The Bertz CT molecular complexity index is 764. The summed E-state index contributed by atoms with van der Waals surface area (Å²) in [5, 5.41) is 9.51. The van der Waals surface area contributed by atoms with Gasteiger partial charge in [0.05, 0.1) is 13.2 Å². The van der Waals surface area contributed by atoms with Gasteiger partial charge in [0.15, 0.2) is 11.6 Å². The van der Waals surface area contributed by atoms with E-state index in [2.05, 4.69) is 0 Å². The Labute approximate surface area is 144 Å². The molecule has 132 valence electrons. The highest BCUT2D eigenvalue weighted by Gasteiger charge is 2.37. The molecule has 0 aromatic heterocycles. The van der Waals surface area contributed by atoms with E-state index in [0.717, 1.165) is 12.0 Å². The van der Waals surface area contributed by atoms with Crippen molar-refractivity contribution < 1.29 is 23.4 Å². The molecule has 2 atom stereocenters. The Morgan fingerprint density at radius 1 is 1.20 bits per heavy atom. The third kappa shape index (κ3) is 3.49. The Hall–Kier alpha value is -2.47. The van der Waals surface area contributed by atoms with Crippen molar-refractivity contribution >= 4 is 5.97 Å². The molecule has 0 saturated carbocycles. The highest BCUT2D eigenvalue weighted by molar-refractivity contribution is 5.74. The summed E-state index contributed by atoms with van der Waals surface area (Å²) in [6.45, 7) is 0.576. The second-order valence-electron chi connectivity index (χ2n) is 6.08. The standard InChI is InChI=1S/C19H19F2NO3/c1-25-17-9-6-13(11-15(17)21)18(12-4-7-14(20)8-5-12)22-10-2-3-16(22)19(23)24/h4-9,11,16,18H,2-3,10H2,1H3,(H,23,24). The monoisotopic (exact) mass is 347 g/mol. The number of halogens is 2. The highest BCUT2D eigenvalue weighted by atomic mass is 19.1. The molecule has 2 unspecified atom stereocenters. The molecule has 0 spiro atoms. The van der Waals surface area contributed by atoms with Crippen LogP contribution < -0.4 is 4.74 Å². The summed E-state index contributed by atoms with van der Waals surface area (Å²) >= 11 is 0. The second-order valence-corrected chi connectivity index (χ2v) is 6.08. The van der Waals surface area contributed by atoms with E-state index in [-0.39, 0.29) is 11.6 Å². The first-order valence-corrected chi connectivity index (χ1v) is 8.08. The van der Waals surface area contributed by atoms with Gasteiger partial charge in [0, 0.05) is 6.54 Å². The van der Waals surface area contributed by atoms with Gasteiger partial charge in [0.2, 0.25) is 0 Å². The average Bonchev–Trinajstić information content (AvgIpc) is 3.06. The summed E-state index contributed by atoms with van der Waals surface area (Å²) in [5.74, 6) is -1.67. The van der Waals surface area contributed by atoms with Crippen molar-refractivity contribution in [3.63, 3.8) is 0 Å². The molecule has 3 rings (SSSR count). The number of nitrogens with zero attached hydrogens (tertiary/aromatic N) is 1. The molecule has 0 aliphatic carbocycles. The summed E-state index contributed by atoms with van der Waals surface area (Å²) in [6.07, 6.45) is 1.28. The molecular formula is C19H19F2NO3. The van der Waals surface area contributed by atoms with Crippen molar-refractivity contribution in [2.45, 2.75) is 24.9 Å². The van der Waals surface area contributed by atoms with Crippen molar-refractivity contribution in [2.75, 3.05) is 13.7 Å². The summed E-state index contributed by atoms with van der Waals surface area (Å²) in [4.78, 5) is 13.4. The number of likely N-dealkylation sites (tertiary alicyclic amines) is 1. The molecule has 25 heavy (non-hydrogen) atoms. The Morgan fingerprint density at radius 3 is 2.48 bits per heavy atom. The number of benzene rings is 2. The first-order valence-electron chi connectivity index (χ1n) is 8.08. The van der Waals surface area contributed by atoms with Gasteiger partial charge < -0.3 is 9.84 Å². The van der Waals surface area contributed by atoms with Gasteiger partial charge in [-0.2, -0.15) is 0 Å². The van der Waals surface area contributed by atoms with Crippen LogP contribution >= 0.6 is 0 Å². The zero-order chi connectivity index (χ0) is 18.0. The van der Waals surface area contributed by atoms with Gasteiger partial charge in [-0.25, -0.2) is 8.78 Å². The number of ether oxygens (including phenoxy) is 1. The fourth-order valence-electron chi connectivity index (χ4n) is 3.44. The normalized spacial score (nSPS) is 18.9. The van der Waals surface area contributed by atoms with Crippen LogP contribution in [0.4, 0.5) is 8.78 Å². The van der Waals surface area contributed by atoms with Gasteiger partial charge in [-0.15, -0.1) is 0 Å². The Balaban J connectivity index is 2.07. The summed E-state index contributed by atoms with van der Waals surface area (Å²) < 4.78 is 32.5. The summed E-state index contributed by atoms with van der Waals surface area (Å²) in [6, 6.07) is 9.34. The lowest BCUT2D eigenvalue weighted by Crippen LogP contribution is -2.39. The zero-order valence-corrected chi connectivity index (χ0v) is 13.8. The first-order chi connectivity index (χ1) is 12.0. The van der Waals surface area contributed by atoms with Gasteiger partial charge in [-0.05, 0) is 48.2 Å². The molecule has 4 nitrogen and oxygen atoms in total. The average molecular weight is 347 g/mol. The molecule has 6 heteroatoms. The van der Waals surface area contributed by atoms with Crippen LogP contribution in [0.15, 0.2) is 42.5 Å². The number of hydrogen-bond donors (Lipinski definition) is 1. The van der Waals surface area contributed by atoms with Crippen LogP contribution in [-0.2, 0) is 4.79 Å². The third-order valence-electron chi connectivity index (χ3n) is 4.59. The topological polar surface area (TPSA) is 49.8 Å². The van der Waals surface area contributed by atoms with Crippen molar-refractivity contribution in [2.24, 2.45) is 0 Å². The fourth-order valence-corrected chi connectivity index (χ4v) is 3.44. The van der Waals surface area contributed by atoms with Crippen molar-refractivity contribution in [3.8, 4) is 5.75 Å². The van der Waals surface area contributed by atoms with Gasteiger partial charge in [-0.3, -0.25) is 9.69 Å². The van der Waals surface area contributed by atoms with Crippen molar-refractivity contribution in [1.29, 1.82) is 0 Å². The number of carboxylic acids is 1. The zero-order valence-electron chi connectivity index (χ0n) is 13.8. The lowest BCUT2D eigenvalue weighted by molar-refractivity contribution is -0.142. The molecule has 1 N–H and O–H groups in total. The molecule has 1 aliphatic rings. The van der Waals surface area contributed by atoms with E-state index >= 15 is 0 Å². The molecule has 2 aromatic carbocycles. The lowest BCUT2D eigenvalue weighted by atomic mass is 9.96. The van der Waals surface area contributed by atoms with E-state index < -0.39 is 23.9 Å². The van der Waals surface area contributed by atoms with Gasteiger partial charge in [0.25, 0.3) is 0 Å². The number of carbonyl (C=O) groups is 1. The van der Waals surface area contributed by atoms with E-state index in [0.29, 0.717) is 18.5 Å². The molecule has 2 aromatic rings. The van der Waals surface area contributed by atoms with E-state index in [4.69, 9.17) is 4.74 Å². The Kier molecular flexibility index (Phi) is 4.99. The van der Waals surface area contributed by atoms with Gasteiger partial charge in [-0.1, -0.05) is 18.2 Å². The third-order valence-corrected chi connectivity index (χ3v) is 4.59. The smallest absolute Gasteiger partial charge is 0.320 e. The minimum Gasteiger partial charge on any atom is -0.494 e. The number of rotatable bonds is 5. The molecule has 1 aliphatic heterocycles. The first kappa shape index (κ1) is 17.4. The Morgan fingerprint density at radius 2 is 1.88 bits per heavy atom. The van der Waals surface area contributed by atoms with Gasteiger partial charge in [0.1, 0.15) is 11.9 Å². The highest BCUT2D eigenvalue weighted by Crippen LogP contribution is 2.36. The number of hydrogen-bond acceptors (Lipinski definition) is 3. The van der Waals surface area contributed by atoms with E-state index in [9.17, 15) is 18.7 Å². The largest absolute Gasteiger partial charge is 0.494 e. The van der Waals surface area contributed by atoms with Crippen molar-refractivity contribution in [1.82, 2.24) is 4.90 Å². The maximum atomic E-state index is 14.2. The SMILES string of the molecule is COc1ccc(C(c2ccc(F)cc2)N2CCCC2C(=O)O)cc1F. The molecule has 0 amide bonds. The quantitative estimate of drug-likeness (QED) is 0.898. The van der Waals surface area contributed by atoms with E-state index in [1.54, 1.807) is 18.2 Å². The van der Waals surface area contributed by atoms with Crippen LogP contribution in [0.5, 0.6) is 5.75 Å². The predicted molar refractivity (Wildman–Crippen MR) is 88.6 cm³/mol. The van der Waals surface area contributed by atoms with Gasteiger partial charge >= 0.3 is 5.97 Å². The lowest BCUT2D eigenvalue weighted by Gasteiger charge is -2.32. The predicted octanol–water partition coefficient (Wildman–Crippen LogP) is 3.61. The van der Waals surface area contributed by atoms with Crippen LogP contribution in [0.3, 0.4) is 0 Å². The molecular weight excluding hydrogens is 328 g/mol. The molecule has 1 heterocycles. The minimum atomic E-state index is -0.904. The van der Waals surface area contributed by atoms with Crippen LogP contribution in [0.2, 0.25) is 0 Å². The minimum absolute atomic E-state index is 0.123. The molecule has 0 bridgehead atoms. The van der Waals surface area contributed by atoms with Crippen LogP contribution in [0.25, 0.3) is 0 Å². The van der Waals surface area contributed by atoms with E-state index in [1.807, 2.05) is 4.90 Å². The van der Waals surface area contributed by atoms with Crippen LogP contribution in [0, 0.1) is 11.6 Å². The second kappa shape index (κ2) is 7.19. The number of methoxy groups -OCH3 is 1. The molecule has 1 saturated heterocycles. The molecule has 1 fully saturated rings. The summed E-state index contributed by atoms with van der Waals surface area (Å²) in [5.41, 5.74) is 1.33.